The normalized spacial score (nSPS) is 12.9. The molecule has 0 aliphatic heterocycles. The molecular formula is C4H11N3S. The molecule has 0 rings (SSSR count). The zero-order valence-corrected chi connectivity index (χ0v) is 5.94. The smallest absolute Gasteiger partial charge is 0.189 e. The summed E-state index contributed by atoms with van der Waals surface area (Å²) in [4.78, 5) is 1.56. The first-order chi connectivity index (χ1) is 3.55. The van der Waals surface area contributed by atoms with Crippen LogP contribution in [0.1, 0.15) is 6.92 Å². The Labute approximate surface area is 54.8 Å². The minimum absolute atomic E-state index is 0.0208. The standard InChI is InChI=1S/C4H11N3S/c1-3(8)7(2)4(5)6/h3,8H,1-2H3,(H3,5,6). The predicted molar refractivity (Wildman–Crippen MR) is 38.1 cm³/mol. The van der Waals surface area contributed by atoms with Gasteiger partial charge in [0.25, 0.3) is 0 Å². The van der Waals surface area contributed by atoms with Gasteiger partial charge in [-0.05, 0) is 6.92 Å². The van der Waals surface area contributed by atoms with Gasteiger partial charge in [0.15, 0.2) is 5.96 Å². The molecule has 8 heavy (non-hydrogen) atoms. The summed E-state index contributed by atoms with van der Waals surface area (Å²) in [5.74, 6) is 0.0486. The van der Waals surface area contributed by atoms with Crippen LogP contribution in [0.3, 0.4) is 0 Å². The lowest BCUT2D eigenvalue weighted by Gasteiger charge is -2.19. The zero-order valence-electron chi connectivity index (χ0n) is 5.05. The fourth-order valence-corrected chi connectivity index (χ4v) is 0.326. The molecule has 0 spiro atoms. The molecule has 48 valence electrons. The van der Waals surface area contributed by atoms with E-state index >= 15 is 0 Å². The van der Waals surface area contributed by atoms with Gasteiger partial charge in [0.05, 0.1) is 5.37 Å². The average Bonchev–Trinajstić information content (AvgIpc) is 1.64. The van der Waals surface area contributed by atoms with Crippen molar-refractivity contribution in [3.05, 3.63) is 0 Å². The maximum absolute atomic E-state index is 6.89. The van der Waals surface area contributed by atoms with E-state index < -0.39 is 0 Å². The Morgan fingerprint density at radius 3 is 2.25 bits per heavy atom. The second-order valence-corrected chi connectivity index (χ2v) is 2.38. The molecule has 0 aliphatic carbocycles. The van der Waals surface area contributed by atoms with E-state index in [0.29, 0.717) is 0 Å². The third-order valence-electron chi connectivity index (χ3n) is 0.940. The van der Waals surface area contributed by atoms with Gasteiger partial charge in [-0.3, -0.25) is 5.41 Å². The van der Waals surface area contributed by atoms with Crippen LogP contribution in [0.15, 0.2) is 0 Å². The molecule has 0 aromatic heterocycles. The van der Waals surface area contributed by atoms with E-state index in [4.69, 9.17) is 11.1 Å². The summed E-state index contributed by atoms with van der Waals surface area (Å²) in [5.41, 5.74) is 5.10. The first kappa shape index (κ1) is 7.62. The van der Waals surface area contributed by atoms with Crippen LogP contribution in [0, 0.1) is 5.41 Å². The van der Waals surface area contributed by atoms with E-state index in [9.17, 15) is 0 Å². The van der Waals surface area contributed by atoms with Crippen LogP contribution in [0.2, 0.25) is 0 Å². The van der Waals surface area contributed by atoms with E-state index in [1.165, 1.54) is 0 Å². The maximum atomic E-state index is 6.89. The topological polar surface area (TPSA) is 53.1 Å². The van der Waals surface area contributed by atoms with Gasteiger partial charge in [-0.25, -0.2) is 0 Å². The summed E-state index contributed by atoms with van der Waals surface area (Å²) in [5, 5.41) is 6.91. The van der Waals surface area contributed by atoms with E-state index in [1.54, 1.807) is 11.9 Å². The van der Waals surface area contributed by atoms with Crippen molar-refractivity contribution < 1.29 is 0 Å². The van der Waals surface area contributed by atoms with Crippen LogP contribution in [-0.4, -0.2) is 23.3 Å². The van der Waals surface area contributed by atoms with Crippen LogP contribution in [0.4, 0.5) is 0 Å². The Hall–Kier alpha value is -0.380. The molecule has 0 saturated heterocycles. The molecule has 0 heterocycles. The lowest BCUT2D eigenvalue weighted by molar-refractivity contribution is 0.492. The van der Waals surface area contributed by atoms with Gasteiger partial charge in [0.2, 0.25) is 0 Å². The third kappa shape index (κ3) is 2.07. The molecule has 0 fully saturated rings. The molecule has 4 heteroatoms. The highest BCUT2D eigenvalue weighted by molar-refractivity contribution is 7.80. The molecule has 0 aliphatic rings. The van der Waals surface area contributed by atoms with Gasteiger partial charge in [-0.15, -0.1) is 0 Å². The van der Waals surface area contributed by atoms with E-state index in [2.05, 4.69) is 12.6 Å². The molecule has 3 N–H and O–H groups in total. The zero-order chi connectivity index (χ0) is 6.73. The highest BCUT2D eigenvalue weighted by Crippen LogP contribution is 1.96. The van der Waals surface area contributed by atoms with Crippen molar-refractivity contribution in [2.45, 2.75) is 12.3 Å². The largest absolute Gasteiger partial charge is 0.370 e. The molecule has 0 aromatic carbocycles. The molecule has 0 aromatic rings. The molecule has 0 radical (unpaired) electrons. The van der Waals surface area contributed by atoms with Crippen molar-refractivity contribution in [3.8, 4) is 0 Å². The third-order valence-corrected chi connectivity index (χ3v) is 1.29. The molecule has 3 nitrogen and oxygen atoms in total. The van der Waals surface area contributed by atoms with Crippen molar-refractivity contribution in [1.82, 2.24) is 4.90 Å². The van der Waals surface area contributed by atoms with Gasteiger partial charge in [0, 0.05) is 7.05 Å². The van der Waals surface area contributed by atoms with Gasteiger partial charge in [-0.1, -0.05) is 0 Å². The first-order valence-electron chi connectivity index (χ1n) is 2.30. The summed E-state index contributed by atoms with van der Waals surface area (Å²) in [6.45, 7) is 1.85. The molecule has 1 unspecified atom stereocenters. The Kier molecular flexibility index (Phi) is 2.68. The quantitative estimate of drug-likeness (QED) is 0.205. The van der Waals surface area contributed by atoms with Crippen LogP contribution in [0.25, 0.3) is 0 Å². The lowest BCUT2D eigenvalue weighted by atomic mass is 10.6. The predicted octanol–water partition coefficient (Wildman–Crippen LogP) is 0.0875. The van der Waals surface area contributed by atoms with Gasteiger partial charge in [0.1, 0.15) is 0 Å². The second kappa shape index (κ2) is 2.81. The Bertz CT molecular complexity index is 91.3. The molecule has 1 atom stereocenters. The number of nitrogens with two attached hydrogens (primary N) is 1. The first-order valence-corrected chi connectivity index (χ1v) is 2.82. The number of hydrogen-bond donors (Lipinski definition) is 3. The van der Waals surface area contributed by atoms with Gasteiger partial charge >= 0.3 is 0 Å². The van der Waals surface area contributed by atoms with Crippen LogP contribution in [-0.2, 0) is 0 Å². The van der Waals surface area contributed by atoms with Crippen molar-refractivity contribution in [2.24, 2.45) is 5.73 Å². The minimum Gasteiger partial charge on any atom is -0.370 e. The summed E-state index contributed by atoms with van der Waals surface area (Å²) < 4.78 is 0. The van der Waals surface area contributed by atoms with Crippen LogP contribution < -0.4 is 5.73 Å². The number of thiol groups is 1. The molecular weight excluding hydrogens is 122 g/mol. The summed E-state index contributed by atoms with van der Waals surface area (Å²) in [6, 6.07) is 0. The highest BCUT2D eigenvalue weighted by Gasteiger charge is 2.02. The van der Waals surface area contributed by atoms with Gasteiger partial charge in [-0.2, -0.15) is 12.6 Å². The van der Waals surface area contributed by atoms with Crippen molar-refractivity contribution in [1.29, 1.82) is 5.41 Å². The van der Waals surface area contributed by atoms with Crippen LogP contribution in [0.5, 0.6) is 0 Å². The monoisotopic (exact) mass is 133 g/mol. The number of hydrogen-bond acceptors (Lipinski definition) is 2. The highest BCUT2D eigenvalue weighted by atomic mass is 32.1. The summed E-state index contributed by atoms with van der Waals surface area (Å²) in [7, 11) is 1.72. The number of rotatable bonds is 1. The summed E-state index contributed by atoms with van der Waals surface area (Å²) in [6.07, 6.45) is 0. The van der Waals surface area contributed by atoms with Crippen molar-refractivity contribution >= 4 is 18.6 Å². The maximum Gasteiger partial charge on any atom is 0.189 e. The molecule has 0 saturated carbocycles. The van der Waals surface area contributed by atoms with Crippen molar-refractivity contribution in [3.63, 3.8) is 0 Å². The Morgan fingerprint density at radius 2 is 2.25 bits per heavy atom. The summed E-state index contributed by atoms with van der Waals surface area (Å²) >= 11 is 4.04. The van der Waals surface area contributed by atoms with E-state index in [-0.39, 0.29) is 11.3 Å². The number of nitrogens with one attached hydrogen (secondary N) is 1. The fourth-order valence-electron chi connectivity index (χ4n) is 0.201. The Morgan fingerprint density at radius 1 is 1.88 bits per heavy atom. The second-order valence-electron chi connectivity index (χ2n) is 1.63. The number of nitrogens with zero attached hydrogens (tertiary/aromatic N) is 1. The number of guanidine groups is 1. The van der Waals surface area contributed by atoms with E-state index in [0.717, 1.165) is 0 Å². The minimum atomic E-state index is 0.0208. The fraction of sp³-hybridized carbons (Fsp3) is 0.750. The SMILES string of the molecule is CC(S)N(C)C(=N)N. The lowest BCUT2D eigenvalue weighted by Crippen LogP contribution is -2.36. The molecule has 0 amide bonds. The van der Waals surface area contributed by atoms with Crippen LogP contribution >= 0.6 is 12.6 Å². The Balaban J connectivity index is 3.64. The molecule has 0 bridgehead atoms. The average molecular weight is 133 g/mol. The van der Waals surface area contributed by atoms with E-state index in [1.807, 2.05) is 6.92 Å². The van der Waals surface area contributed by atoms with Gasteiger partial charge < -0.3 is 10.6 Å². The van der Waals surface area contributed by atoms with Crippen molar-refractivity contribution in [2.75, 3.05) is 7.05 Å².